The number of carbonyl (C=O) groups excluding carboxylic acids is 1. The molecular formula is C16H30N4O. The number of nitrogens with one attached hydrogen (secondary N) is 2. The number of rotatable bonds is 4. The first kappa shape index (κ1) is 15.3. The van der Waals surface area contributed by atoms with Crippen molar-refractivity contribution in [3.8, 4) is 0 Å². The van der Waals surface area contributed by atoms with Gasteiger partial charge in [0, 0.05) is 50.3 Å². The Bertz CT molecular complexity index is 390. The summed E-state index contributed by atoms with van der Waals surface area (Å²) < 4.78 is 0. The third kappa shape index (κ3) is 3.25. The van der Waals surface area contributed by atoms with Gasteiger partial charge in [-0.05, 0) is 40.2 Å². The third-order valence-corrected chi connectivity index (χ3v) is 5.69. The molecule has 2 N–H and O–H groups in total. The average molecular weight is 294 g/mol. The Morgan fingerprint density at radius 1 is 1.24 bits per heavy atom. The predicted molar refractivity (Wildman–Crippen MR) is 84.2 cm³/mol. The highest BCUT2D eigenvalue weighted by molar-refractivity contribution is 5.80. The van der Waals surface area contributed by atoms with Crippen LogP contribution in [0.5, 0.6) is 0 Å². The first-order valence-corrected chi connectivity index (χ1v) is 8.43. The largest absolute Gasteiger partial charge is 0.354 e. The quantitative estimate of drug-likeness (QED) is 0.781. The topological polar surface area (TPSA) is 47.6 Å². The molecule has 3 fully saturated rings. The Morgan fingerprint density at radius 2 is 1.95 bits per heavy atom. The Labute approximate surface area is 128 Å². The standard InChI is InChI=1S/C16H30N4O/c1-16(2,20-8-6-19(3)7-9-20)11-17-15(21)13-10-12-4-5-14(13)18-12/h12-14,18H,4-11H2,1-3H3,(H,17,21). The first-order valence-electron chi connectivity index (χ1n) is 8.43. The van der Waals surface area contributed by atoms with Crippen molar-refractivity contribution in [3.63, 3.8) is 0 Å². The highest BCUT2D eigenvalue weighted by atomic mass is 16.2. The Kier molecular flexibility index (Phi) is 4.26. The second-order valence-corrected chi connectivity index (χ2v) is 7.71. The molecule has 0 aromatic heterocycles. The summed E-state index contributed by atoms with van der Waals surface area (Å²) >= 11 is 0. The van der Waals surface area contributed by atoms with E-state index in [4.69, 9.17) is 0 Å². The Morgan fingerprint density at radius 3 is 2.52 bits per heavy atom. The summed E-state index contributed by atoms with van der Waals surface area (Å²) in [6.45, 7) is 9.67. The van der Waals surface area contributed by atoms with Crippen molar-refractivity contribution >= 4 is 5.91 Å². The lowest BCUT2D eigenvalue weighted by molar-refractivity contribution is -0.126. The average Bonchev–Trinajstić information content (AvgIpc) is 3.08. The molecule has 3 unspecified atom stereocenters. The molecule has 5 heteroatoms. The molecule has 3 aliphatic heterocycles. The van der Waals surface area contributed by atoms with Crippen LogP contribution < -0.4 is 10.6 Å². The molecule has 120 valence electrons. The highest BCUT2D eigenvalue weighted by Gasteiger charge is 2.43. The van der Waals surface area contributed by atoms with Crippen LogP contribution in [0.25, 0.3) is 0 Å². The number of carbonyl (C=O) groups is 1. The SMILES string of the molecule is CN1CCN(C(C)(C)CNC(=O)C2CC3CCC2N3)CC1. The lowest BCUT2D eigenvalue weighted by Crippen LogP contribution is -2.58. The van der Waals surface area contributed by atoms with Crippen LogP contribution in [-0.4, -0.2) is 73.1 Å². The zero-order chi connectivity index (χ0) is 15.0. The molecule has 3 heterocycles. The van der Waals surface area contributed by atoms with Crippen LogP contribution in [0, 0.1) is 5.92 Å². The van der Waals surface area contributed by atoms with E-state index in [-0.39, 0.29) is 17.4 Å². The monoisotopic (exact) mass is 294 g/mol. The number of likely N-dealkylation sites (N-methyl/N-ethyl adjacent to an activating group) is 1. The fraction of sp³-hybridized carbons (Fsp3) is 0.938. The second kappa shape index (κ2) is 5.86. The van der Waals surface area contributed by atoms with Crippen LogP contribution in [0.1, 0.15) is 33.1 Å². The minimum atomic E-state index is 0.0436. The molecule has 3 rings (SSSR count). The molecule has 0 radical (unpaired) electrons. The smallest absolute Gasteiger partial charge is 0.224 e. The van der Waals surface area contributed by atoms with Crippen molar-refractivity contribution in [2.75, 3.05) is 39.8 Å². The van der Waals surface area contributed by atoms with Gasteiger partial charge in [0.15, 0.2) is 0 Å². The van der Waals surface area contributed by atoms with Crippen molar-refractivity contribution in [1.82, 2.24) is 20.4 Å². The zero-order valence-corrected chi connectivity index (χ0v) is 13.7. The molecule has 0 saturated carbocycles. The van der Waals surface area contributed by atoms with Crippen molar-refractivity contribution in [3.05, 3.63) is 0 Å². The van der Waals surface area contributed by atoms with E-state index in [2.05, 4.69) is 41.3 Å². The normalized spacial score (nSPS) is 34.3. The highest BCUT2D eigenvalue weighted by Crippen LogP contribution is 2.33. The van der Waals surface area contributed by atoms with E-state index in [1.54, 1.807) is 0 Å². The maximum absolute atomic E-state index is 12.4. The molecule has 0 aromatic carbocycles. The molecule has 1 amide bonds. The van der Waals surface area contributed by atoms with Gasteiger partial charge in [-0.15, -0.1) is 0 Å². The fourth-order valence-corrected chi connectivity index (χ4v) is 4.07. The van der Waals surface area contributed by atoms with Crippen LogP contribution in [0.15, 0.2) is 0 Å². The summed E-state index contributed by atoms with van der Waals surface area (Å²) in [5.74, 6) is 0.462. The van der Waals surface area contributed by atoms with E-state index in [0.29, 0.717) is 12.1 Å². The van der Waals surface area contributed by atoms with Gasteiger partial charge in [0.1, 0.15) is 0 Å². The number of nitrogens with zero attached hydrogens (tertiary/aromatic N) is 2. The molecule has 2 bridgehead atoms. The molecule has 3 aliphatic rings. The van der Waals surface area contributed by atoms with E-state index in [9.17, 15) is 4.79 Å². The van der Waals surface area contributed by atoms with Crippen molar-refractivity contribution < 1.29 is 4.79 Å². The van der Waals surface area contributed by atoms with Crippen LogP contribution in [0.3, 0.4) is 0 Å². The molecule has 5 nitrogen and oxygen atoms in total. The maximum atomic E-state index is 12.4. The summed E-state index contributed by atoms with van der Waals surface area (Å²) in [6, 6.07) is 1.03. The van der Waals surface area contributed by atoms with Gasteiger partial charge in [-0.3, -0.25) is 9.69 Å². The third-order valence-electron chi connectivity index (χ3n) is 5.69. The van der Waals surface area contributed by atoms with Crippen LogP contribution in [-0.2, 0) is 4.79 Å². The summed E-state index contributed by atoms with van der Waals surface area (Å²) in [5, 5.41) is 6.77. The number of hydrogen-bond donors (Lipinski definition) is 2. The predicted octanol–water partition coefficient (Wildman–Crippen LogP) is 0.269. The molecule has 0 aliphatic carbocycles. The summed E-state index contributed by atoms with van der Waals surface area (Å²) in [6.07, 6.45) is 3.46. The van der Waals surface area contributed by atoms with Crippen molar-refractivity contribution in [1.29, 1.82) is 0 Å². The van der Waals surface area contributed by atoms with Gasteiger partial charge in [0.05, 0.1) is 5.92 Å². The van der Waals surface area contributed by atoms with Crippen molar-refractivity contribution in [2.24, 2.45) is 5.92 Å². The first-order chi connectivity index (χ1) is 9.95. The number of piperazine rings is 1. The second-order valence-electron chi connectivity index (χ2n) is 7.71. The van der Waals surface area contributed by atoms with E-state index in [1.165, 1.54) is 12.8 Å². The minimum absolute atomic E-state index is 0.0436. The number of amides is 1. The minimum Gasteiger partial charge on any atom is -0.354 e. The van der Waals surface area contributed by atoms with E-state index < -0.39 is 0 Å². The van der Waals surface area contributed by atoms with E-state index in [1.807, 2.05) is 0 Å². The van der Waals surface area contributed by atoms with Gasteiger partial charge >= 0.3 is 0 Å². The zero-order valence-electron chi connectivity index (χ0n) is 13.7. The number of fused-ring (bicyclic) bond motifs is 2. The Hall–Kier alpha value is -0.650. The molecule has 0 spiro atoms. The molecular weight excluding hydrogens is 264 g/mol. The number of hydrogen-bond acceptors (Lipinski definition) is 4. The van der Waals surface area contributed by atoms with Crippen LogP contribution in [0.2, 0.25) is 0 Å². The Balaban J connectivity index is 1.48. The van der Waals surface area contributed by atoms with Gasteiger partial charge in [-0.1, -0.05) is 0 Å². The van der Waals surface area contributed by atoms with Gasteiger partial charge in [0.25, 0.3) is 0 Å². The van der Waals surface area contributed by atoms with Crippen molar-refractivity contribution in [2.45, 2.75) is 50.7 Å². The lowest BCUT2D eigenvalue weighted by Gasteiger charge is -2.43. The fourth-order valence-electron chi connectivity index (χ4n) is 4.07. The van der Waals surface area contributed by atoms with Gasteiger partial charge in [-0.25, -0.2) is 0 Å². The lowest BCUT2D eigenvalue weighted by atomic mass is 9.88. The van der Waals surface area contributed by atoms with Crippen LogP contribution in [0.4, 0.5) is 0 Å². The van der Waals surface area contributed by atoms with Crippen LogP contribution >= 0.6 is 0 Å². The van der Waals surface area contributed by atoms with Gasteiger partial charge < -0.3 is 15.5 Å². The summed E-state index contributed by atoms with van der Waals surface area (Å²) in [5.41, 5.74) is 0.0436. The molecule has 3 atom stereocenters. The van der Waals surface area contributed by atoms with Gasteiger partial charge in [-0.2, -0.15) is 0 Å². The summed E-state index contributed by atoms with van der Waals surface area (Å²) in [7, 11) is 2.17. The maximum Gasteiger partial charge on any atom is 0.224 e. The van der Waals surface area contributed by atoms with Gasteiger partial charge in [0.2, 0.25) is 5.91 Å². The molecule has 3 saturated heterocycles. The van der Waals surface area contributed by atoms with E-state index in [0.717, 1.165) is 39.1 Å². The summed E-state index contributed by atoms with van der Waals surface area (Å²) in [4.78, 5) is 17.3. The molecule has 21 heavy (non-hydrogen) atoms. The van der Waals surface area contributed by atoms with E-state index >= 15 is 0 Å². The molecule has 0 aromatic rings.